The number of halogens is 2. The summed E-state index contributed by atoms with van der Waals surface area (Å²) < 4.78 is 24.7. The van der Waals surface area contributed by atoms with Gasteiger partial charge in [-0.1, -0.05) is 29.8 Å². The van der Waals surface area contributed by atoms with Crippen molar-refractivity contribution in [2.24, 2.45) is 11.8 Å². The van der Waals surface area contributed by atoms with Gasteiger partial charge >= 0.3 is 0 Å². The summed E-state index contributed by atoms with van der Waals surface area (Å²) in [4.78, 5) is 25.2. The molecule has 5 rings (SSSR count). The van der Waals surface area contributed by atoms with Gasteiger partial charge in [-0.25, -0.2) is 4.39 Å². The van der Waals surface area contributed by atoms with Gasteiger partial charge in [0.15, 0.2) is 12.7 Å². The normalized spacial score (nSPS) is 27.5. The van der Waals surface area contributed by atoms with E-state index in [2.05, 4.69) is 10.6 Å². The zero-order valence-electron chi connectivity index (χ0n) is 17.4. The molecule has 2 saturated carbocycles. The number of nitrogens with one attached hydrogen (secondary N) is 2. The summed E-state index contributed by atoms with van der Waals surface area (Å²) in [5.41, 5.74) is 1.05. The highest BCUT2D eigenvalue weighted by atomic mass is 35.5. The maximum absolute atomic E-state index is 13.5. The van der Waals surface area contributed by atoms with Gasteiger partial charge in [-0.3, -0.25) is 9.59 Å². The van der Waals surface area contributed by atoms with Gasteiger partial charge in [0.25, 0.3) is 11.8 Å². The van der Waals surface area contributed by atoms with Crippen LogP contribution in [0.25, 0.3) is 0 Å². The van der Waals surface area contributed by atoms with Gasteiger partial charge in [0.2, 0.25) is 0 Å². The topological polar surface area (TPSA) is 76.7 Å². The van der Waals surface area contributed by atoms with Crippen molar-refractivity contribution < 1.29 is 23.5 Å². The molecule has 0 aromatic heterocycles. The predicted molar refractivity (Wildman–Crippen MR) is 116 cm³/mol. The lowest BCUT2D eigenvalue weighted by Gasteiger charge is -2.36. The van der Waals surface area contributed by atoms with Gasteiger partial charge in [0.1, 0.15) is 17.3 Å². The molecule has 2 aromatic carbocycles. The molecule has 0 spiro atoms. The summed E-state index contributed by atoms with van der Waals surface area (Å²) in [5.74, 6) is 0.766. The van der Waals surface area contributed by atoms with Crippen LogP contribution in [0.5, 0.6) is 11.5 Å². The van der Waals surface area contributed by atoms with Crippen LogP contribution < -0.4 is 20.1 Å². The van der Waals surface area contributed by atoms with E-state index < -0.39 is 11.9 Å². The summed E-state index contributed by atoms with van der Waals surface area (Å²) in [6, 6.07) is 11.8. The molecular weight excluding hydrogens is 435 g/mol. The maximum atomic E-state index is 13.5. The number of fused-ring (bicyclic) bond motifs is 2. The van der Waals surface area contributed by atoms with Crippen molar-refractivity contribution in [1.29, 1.82) is 0 Å². The molecule has 168 valence electrons. The second kappa shape index (κ2) is 8.62. The lowest BCUT2D eigenvalue weighted by molar-refractivity contribution is -0.128. The summed E-state index contributed by atoms with van der Waals surface area (Å²) in [6.45, 7) is -0.208. The highest BCUT2D eigenvalue weighted by Crippen LogP contribution is 2.47. The zero-order chi connectivity index (χ0) is 22.2. The van der Waals surface area contributed by atoms with Crippen molar-refractivity contribution in [3.8, 4) is 11.5 Å². The summed E-state index contributed by atoms with van der Waals surface area (Å²) in [6.07, 6.45) is 2.81. The first-order chi connectivity index (χ1) is 15.5. The SMILES string of the molecule is O=C(COc1ccc(Cl)c(F)c1)NC1C[C@H](NC(=O)C2Cc3ccccc3O2)C2CCC12. The molecule has 2 aromatic rings. The smallest absolute Gasteiger partial charge is 0.261 e. The molecule has 8 heteroatoms. The molecule has 2 N–H and O–H groups in total. The molecule has 2 aliphatic carbocycles. The Labute approximate surface area is 190 Å². The van der Waals surface area contributed by atoms with Crippen LogP contribution in [-0.4, -0.2) is 36.6 Å². The zero-order valence-corrected chi connectivity index (χ0v) is 18.1. The lowest BCUT2D eigenvalue weighted by atomic mass is 9.73. The quantitative estimate of drug-likeness (QED) is 0.696. The first-order valence-corrected chi connectivity index (χ1v) is 11.3. The summed E-state index contributed by atoms with van der Waals surface area (Å²) in [7, 11) is 0. The molecule has 4 unspecified atom stereocenters. The lowest BCUT2D eigenvalue weighted by Crippen LogP contribution is -2.47. The molecule has 1 aliphatic heterocycles. The Bertz CT molecular complexity index is 1020. The van der Waals surface area contributed by atoms with Crippen molar-refractivity contribution in [2.45, 2.75) is 43.9 Å². The van der Waals surface area contributed by atoms with Crippen molar-refractivity contribution in [3.05, 3.63) is 58.9 Å². The van der Waals surface area contributed by atoms with Crippen LogP contribution in [0.3, 0.4) is 0 Å². The molecule has 5 atom stereocenters. The van der Waals surface area contributed by atoms with E-state index in [1.165, 1.54) is 12.1 Å². The first kappa shape index (κ1) is 21.1. The van der Waals surface area contributed by atoms with E-state index in [-0.39, 0.29) is 41.3 Å². The Hall–Kier alpha value is -2.80. The fraction of sp³-hybridized carbons (Fsp3) is 0.417. The van der Waals surface area contributed by atoms with Crippen LogP contribution in [0.4, 0.5) is 4.39 Å². The highest BCUT2D eigenvalue weighted by molar-refractivity contribution is 6.30. The minimum absolute atomic E-state index is 0.00348. The fourth-order valence-corrected chi connectivity index (χ4v) is 5.19. The van der Waals surface area contributed by atoms with Crippen molar-refractivity contribution in [1.82, 2.24) is 10.6 Å². The minimum atomic E-state index is -0.592. The number of ether oxygens (including phenoxy) is 2. The second-order valence-corrected chi connectivity index (χ2v) is 9.12. The van der Waals surface area contributed by atoms with E-state index in [0.29, 0.717) is 24.7 Å². The number of rotatable bonds is 6. The van der Waals surface area contributed by atoms with Crippen LogP contribution in [-0.2, 0) is 16.0 Å². The monoisotopic (exact) mass is 458 g/mol. The van der Waals surface area contributed by atoms with E-state index in [0.717, 1.165) is 30.2 Å². The van der Waals surface area contributed by atoms with E-state index in [4.69, 9.17) is 21.1 Å². The third-order valence-corrected chi connectivity index (χ3v) is 7.11. The molecule has 6 nitrogen and oxygen atoms in total. The number of benzene rings is 2. The molecule has 32 heavy (non-hydrogen) atoms. The van der Waals surface area contributed by atoms with Gasteiger partial charge in [-0.05, 0) is 54.9 Å². The Morgan fingerprint density at radius 3 is 2.56 bits per heavy atom. The number of amides is 2. The number of para-hydroxylation sites is 1. The van der Waals surface area contributed by atoms with Crippen LogP contribution in [0.1, 0.15) is 24.8 Å². The van der Waals surface area contributed by atoms with Crippen molar-refractivity contribution in [2.75, 3.05) is 6.61 Å². The third-order valence-electron chi connectivity index (χ3n) is 6.80. The van der Waals surface area contributed by atoms with Gasteiger partial charge in [0.05, 0.1) is 5.02 Å². The summed E-state index contributed by atoms with van der Waals surface area (Å²) >= 11 is 5.66. The van der Waals surface area contributed by atoms with Crippen LogP contribution in [0.2, 0.25) is 5.02 Å². The highest BCUT2D eigenvalue weighted by Gasteiger charge is 2.50. The second-order valence-electron chi connectivity index (χ2n) is 8.71. The standard InChI is InChI=1S/C24H24ClFN2O4/c25-17-8-5-14(10-18(17)26)31-12-23(29)27-19-11-20(16-7-6-15(16)19)28-24(30)22-9-13-3-1-2-4-21(13)32-22/h1-5,8,10,15-16,19-20,22H,6-7,9,11-12H2,(H,27,29)(H,28,30)/t15?,16?,19?,20-,22?/m0/s1. The number of hydrogen-bond acceptors (Lipinski definition) is 4. The van der Waals surface area contributed by atoms with E-state index in [1.54, 1.807) is 0 Å². The van der Waals surface area contributed by atoms with Gasteiger partial charge in [0, 0.05) is 24.6 Å². The Kier molecular flexibility index (Phi) is 5.67. The molecule has 2 amide bonds. The van der Waals surface area contributed by atoms with Crippen LogP contribution >= 0.6 is 11.6 Å². The molecule has 1 heterocycles. The maximum Gasteiger partial charge on any atom is 0.261 e. The van der Waals surface area contributed by atoms with E-state index in [1.807, 2.05) is 24.3 Å². The predicted octanol–water partition coefficient (Wildman–Crippen LogP) is 3.26. The number of hydrogen-bond donors (Lipinski definition) is 2. The summed E-state index contributed by atoms with van der Waals surface area (Å²) in [5, 5.41) is 6.19. The Balaban J connectivity index is 1.12. The molecule has 0 radical (unpaired) electrons. The van der Waals surface area contributed by atoms with Crippen molar-refractivity contribution in [3.63, 3.8) is 0 Å². The van der Waals surface area contributed by atoms with Crippen molar-refractivity contribution >= 4 is 23.4 Å². The van der Waals surface area contributed by atoms with Gasteiger partial charge in [-0.2, -0.15) is 0 Å². The van der Waals surface area contributed by atoms with E-state index in [9.17, 15) is 14.0 Å². The fourth-order valence-electron chi connectivity index (χ4n) is 5.07. The third kappa shape index (κ3) is 4.13. The van der Waals surface area contributed by atoms with E-state index >= 15 is 0 Å². The van der Waals surface area contributed by atoms with Gasteiger partial charge < -0.3 is 20.1 Å². The first-order valence-electron chi connectivity index (χ1n) is 10.9. The largest absolute Gasteiger partial charge is 0.484 e. The molecular formula is C24H24ClFN2O4. The molecule has 2 fully saturated rings. The number of carbonyl (C=O) groups excluding carboxylic acids is 2. The Morgan fingerprint density at radius 1 is 1.09 bits per heavy atom. The average molecular weight is 459 g/mol. The van der Waals surface area contributed by atoms with Gasteiger partial charge in [-0.15, -0.1) is 0 Å². The number of carbonyl (C=O) groups is 2. The molecule has 0 bridgehead atoms. The molecule has 3 aliphatic rings. The van der Waals surface area contributed by atoms with Crippen LogP contribution in [0.15, 0.2) is 42.5 Å². The molecule has 0 saturated heterocycles. The average Bonchev–Trinajstić information content (AvgIpc) is 3.27. The van der Waals surface area contributed by atoms with Crippen LogP contribution in [0, 0.1) is 17.7 Å². The minimum Gasteiger partial charge on any atom is -0.484 e. The Morgan fingerprint density at radius 2 is 1.84 bits per heavy atom.